The molecule has 0 aliphatic heterocycles. The van der Waals surface area contributed by atoms with Crippen molar-refractivity contribution in [2.45, 2.75) is 13.0 Å². The number of hydrogen-bond acceptors (Lipinski definition) is 2. The molecule has 3 rings (SSSR count). The highest BCUT2D eigenvalue weighted by atomic mass is 79.9. The number of fused-ring (bicyclic) bond motifs is 1. The zero-order chi connectivity index (χ0) is 14.8. The summed E-state index contributed by atoms with van der Waals surface area (Å²) in [4.78, 5) is 0. The molecule has 4 heteroatoms. The molecule has 0 saturated carbocycles. The number of hydrogen-bond donors (Lipinski definition) is 1. The van der Waals surface area contributed by atoms with E-state index in [9.17, 15) is 4.39 Å². The highest BCUT2D eigenvalue weighted by Crippen LogP contribution is 2.33. The Balaban J connectivity index is 2.16. The van der Waals surface area contributed by atoms with Gasteiger partial charge >= 0.3 is 0 Å². The number of rotatable bonds is 4. The van der Waals surface area contributed by atoms with Gasteiger partial charge < -0.3 is 9.73 Å². The number of benzene rings is 2. The van der Waals surface area contributed by atoms with Gasteiger partial charge in [-0.3, -0.25) is 0 Å². The van der Waals surface area contributed by atoms with Crippen LogP contribution in [0.4, 0.5) is 4.39 Å². The van der Waals surface area contributed by atoms with Crippen LogP contribution in [-0.4, -0.2) is 6.54 Å². The van der Waals surface area contributed by atoms with Gasteiger partial charge in [0.05, 0.1) is 16.8 Å². The van der Waals surface area contributed by atoms with Crippen LogP contribution in [0, 0.1) is 5.82 Å². The van der Waals surface area contributed by atoms with Crippen LogP contribution >= 0.6 is 15.9 Å². The fourth-order valence-electron chi connectivity index (χ4n) is 2.56. The zero-order valence-electron chi connectivity index (χ0n) is 11.6. The van der Waals surface area contributed by atoms with Gasteiger partial charge in [-0.25, -0.2) is 4.39 Å². The predicted molar refractivity (Wildman–Crippen MR) is 85.8 cm³/mol. The number of halogens is 2. The third-order valence-electron chi connectivity index (χ3n) is 3.52. The highest BCUT2D eigenvalue weighted by Gasteiger charge is 2.22. The van der Waals surface area contributed by atoms with E-state index in [0.29, 0.717) is 10.0 Å². The Hall–Kier alpha value is -1.65. The lowest BCUT2D eigenvalue weighted by Gasteiger charge is -2.18. The van der Waals surface area contributed by atoms with Crippen molar-refractivity contribution in [2.75, 3.05) is 6.54 Å². The van der Waals surface area contributed by atoms with Crippen molar-refractivity contribution >= 4 is 26.9 Å². The third kappa shape index (κ3) is 2.61. The van der Waals surface area contributed by atoms with Crippen LogP contribution in [0.15, 0.2) is 57.6 Å². The summed E-state index contributed by atoms with van der Waals surface area (Å²) in [5.74, 6) is -0.242. The summed E-state index contributed by atoms with van der Waals surface area (Å²) < 4.78 is 20.5. The summed E-state index contributed by atoms with van der Waals surface area (Å²) in [6, 6.07) is 12.9. The Labute approximate surface area is 131 Å². The number of nitrogens with one attached hydrogen (secondary N) is 1. The van der Waals surface area contributed by atoms with Gasteiger partial charge in [0.1, 0.15) is 11.4 Å². The average molecular weight is 348 g/mol. The van der Waals surface area contributed by atoms with Crippen molar-refractivity contribution in [3.63, 3.8) is 0 Å². The largest absolute Gasteiger partial charge is 0.464 e. The Kier molecular flexibility index (Phi) is 4.08. The van der Waals surface area contributed by atoms with Crippen LogP contribution in [0.2, 0.25) is 0 Å². The van der Waals surface area contributed by atoms with E-state index < -0.39 is 0 Å². The van der Waals surface area contributed by atoms with Crippen LogP contribution < -0.4 is 5.32 Å². The molecule has 0 spiro atoms. The highest BCUT2D eigenvalue weighted by molar-refractivity contribution is 9.10. The minimum atomic E-state index is -0.242. The fraction of sp³-hybridized carbons (Fsp3) is 0.176. The third-order valence-corrected chi connectivity index (χ3v) is 4.14. The van der Waals surface area contributed by atoms with Crippen LogP contribution in [-0.2, 0) is 0 Å². The molecule has 0 aliphatic carbocycles. The van der Waals surface area contributed by atoms with Gasteiger partial charge in [0.2, 0.25) is 0 Å². The van der Waals surface area contributed by atoms with E-state index in [4.69, 9.17) is 4.42 Å². The summed E-state index contributed by atoms with van der Waals surface area (Å²) in [7, 11) is 0. The van der Waals surface area contributed by atoms with Gasteiger partial charge in [-0.1, -0.05) is 37.3 Å². The van der Waals surface area contributed by atoms with Crippen molar-refractivity contribution in [1.29, 1.82) is 0 Å². The summed E-state index contributed by atoms with van der Waals surface area (Å²) in [6.07, 6.45) is 1.71. The van der Waals surface area contributed by atoms with Crippen LogP contribution in [0.5, 0.6) is 0 Å². The van der Waals surface area contributed by atoms with Crippen LogP contribution in [0.25, 0.3) is 11.0 Å². The maximum atomic E-state index is 14.4. The zero-order valence-corrected chi connectivity index (χ0v) is 13.2. The lowest BCUT2D eigenvalue weighted by molar-refractivity contribution is 0.546. The van der Waals surface area contributed by atoms with E-state index in [0.717, 1.165) is 23.1 Å². The lowest BCUT2D eigenvalue weighted by atomic mass is 9.97. The van der Waals surface area contributed by atoms with E-state index in [1.165, 1.54) is 0 Å². The van der Waals surface area contributed by atoms with Gasteiger partial charge in [-0.2, -0.15) is 0 Å². The minimum absolute atomic E-state index is 0.240. The second-order valence-electron chi connectivity index (χ2n) is 4.82. The van der Waals surface area contributed by atoms with E-state index in [1.807, 2.05) is 37.3 Å². The Morgan fingerprint density at radius 1 is 1.14 bits per heavy atom. The molecule has 1 unspecified atom stereocenters. The van der Waals surface area contributed by atoms with Crippen molar-refractivity contribution in [3.8, 4) is 0 Å². The molecule has 3 aromatic rings. The molecule has 0 radical (unpaired) electrons. The second-order valence-corrected chi connectivity index (χ2v) is 5.68. The molecule has 0 saturated heterocycles. The first-order valence-electron chi connectivity index (χ1n) is 6.85. The Morgan fingerprint density at radius 3 is 2.76 bits per heavy atom. The lowest BCUT2D eigenvalue weighted by Crippen LogP contribution is -2.22. The van der Waals surface area contributed by atoms with E-state index in [-0.39, 0.29) is 11.9 Å². The molecule has 1 heterocycles. The van der Waals surface area contributed by atoms with Gasteiger partial charge in [-0.05, 0) is 34.6 Å². The number of furan rings is 1. The van der Waals surface area contributed by atoms with Gasteiger partial charge in [0.15, 0.2) is 0 Å². The molecule has 1 N–H and O–H groups in total. The van der Waals surface area contributed by atoms with Gasteiger partial charge in [0, 0.05) is 16.5 Å². The number of para-hydroxylation sites is 1. The van der Waals surface area contributed by atoms with Gasteiger partial charge in [-0.15, -0.1) is 0 Å². The second kappa shape index (κ2) is 6.00. The SMILES string of the molecule is CCNC(c1cccc(Br)c1F)c1coc2ccccc12. The Morgan fingerprint density at radius 2 is 1.95 bits per heavy atom. The standard InChI is InChI=1S/C17H15BrFNO/c1-2-20-17(12-7-5-8-14(18)16(12)19)13-10-21-15-9-4-3-6-11(13)15/h3-10,17,20H,2H2,1H3. The van der Waals surface area contributed by atoms with E-state index in [2.05, 4.69) is 21.2 Å². The molecule has 1 aromatic heterocycles. The van der Waals surface area contributed by atoms with Crippen LogP contribution in [0.3, 0.4) is 0 Å². The normalized spacial score (nSPS) is 12.7. The quantitative estimate of drug-likeness (QED) is 0.715. The van der Waals surface area contributed by atoms with Crippen molar-refractivity contribution in [1.82, 2.24) is 5.32 Å². The molecule has 0 fully saturated rings. The fourth-order valence-corrected chi connectivity index (χ4v) is 2.94. The molecule has 108 valence electrons. The molecule has 21 heavy (non-hydrogen) atoms. The van der Waals surface area contributed by atoms with Gasteiger partial charge in [0.25, 0.3) is 0 Å². The molecule has 0 amide bonds. The topological polar surface area (TPSA) is 25.2 Å². The van der Waals surface area contributed by atoms with Crippen molar-refractivity contribution in [2.24, 2.45) is 0 Å². The van der Waals surface area contributed by atoms with E-state index in [1.54, 1.807) is 18.4 Å². The van der Waals surface area contributed by atoms with Crippen molar-refractivity contribution < 1.29 is 8.81 Å². The molecular formula is C17H15BrFNO. The summed E-state index contributed by atoms with van der Waals surface area (Å²) in [5.41, 5.74) is 2.37. The first-order valence-corrected chi connectivity index (χ1v) is 7.65. The molecule has 2 aromatic carbocycles. The molecule has 1 atom stereocenters. The average Bonchev–Trinajstić information content (AvgIpc) is 2.92. The summed E-state index contributed by atoms with van der Waals surface area (Å²) in [6.45, 7) is 2.74. The summed E-state index contributed by atoms with van der Waals surface area (Å²) in [5, 5.41) is 4.34. The molecule has 2 nitrogen and oxygen atoms in total. The summed E-state index contributed by atoms with van der Waals surface area (Å²) >= 11 is 3.25. The maximum absolute atomic E-state index is 14.4. The maximum Gasteiger partial charge on any atom is 0.142 e. The van der Waals surface area contributed by atoms with Crippen LogP contribution in [0.1, 0.15) is 24.1 Å². The van der Waals surface area contributed by atoms with Crippen molar-refractivity contribution in [3.05, 3.63) is 70.1 Å². The first-order chi connectivity index (χ1) is 10.2. The monoisotopic (exact) mass is 347 g/mol. The molecule has 0 bridgehead atoms. The predicted octanol–water partition coefficient (Wildman–Crippen LogP) is 5.03. The smallest absolute Gasteiger partial charge is 0.142 e. The molecular weight excluding hydrogens is 333 g/mol. The van der Waals surface area contributed by atoms with E-state index >= 15 is 0 Å². The molecule has 0 aliphatic rings. The Bertz CT molecular complexity index is 768. The first kappa shape index (κ1) is 14.3. The minimum Gasteiger partial charge on any atom is -0.464 e.